The Bertz CT molecular complexity index is 742. The van der Waals surface area contributed by atoms with Crippen LogP contribution in [0.15, 0.2) is 12.1 Å². The lowest BCUT2D eigenvalue weighted by Gasteiger charge is -2.37. The first kappa shape index (κ1) is 30.3. The van der Waals surface area contributed by atoms with Crippen molar-refractivity contribution in [3.05, 3.63) is 23.3 Å². The van der Waals surface area contributed by atoms with Crippen LogP contribution in [-0.2, 0) is 11.2 Å². The number of hydrogen-bond acceptors (Lipinski definition) is 3. The van der Waals surface area contributed by atoms with Crippen LogP contribution in [0.1, 0.15) is 117 Å². The van der Waals surface area contributed by atoms with Crippen LogP contribution in [0.4, 0.5) is 0 Å². The molecule has 0 fully saturated rings. The number of carboxylic acid groups (broad SMARTS) is 1. The molecule has 1 N–H and O–H groups in total. The predicted octanol–water partition coefficient (Wildman–Crippen LogP) is 8.62. The van der Waals surface area contributed by atoms with Gasteiger partial charge in [0.2, 0.25) is 0 Å². The van der Waals surface area contributed by atoms with Gasteiger partial charge in [-0.2, -0.15) is 0 Å². The summed E-state index contributed by atoms with van der Waals surface area (Å²) in [4.78, 5) is 10.8. The fraction of sp³-hybridized carbons (Fsp3) is 0.767. The van der Waals surface area contributed by atoms with Gasteiger partial charge in [-0.3, -0.25) is 0 Å². The second kappa shape index (κ2) is 14.6. The standard InChI is InChI=1S/C29H48O4.CH4/c1-21(2)10-7-11-22(3)12-8-13-23(4)14-9-16-29(6)17-15-25-19-26(32-20-27(30)31)18-24(5)28(25)33-29;/h18-19,21-23H,7-17,20H2,1-6H3,(H,30,31);1H4/t22-,23-,29-;/m1./s1. The Morgan fingerprint density at radius 3 is 2.21 bits per heavy atom. The zero-order valence-corrected chi connectivity index (χ0v) is 22.0. The molecule has 0 saturated heterocycles. The topological polar surface area (TPSA) is 55.8 Å². The molecular formula is C30H52O4. The van der Waals surface area contributed by atoms with Crippen LogP contribution in [0.25, 0.3) is 0 Å². The van der Waals surface area contributed by atoms with E-state index in [1.165, 1.54) is 51.4 Å². The summed E-state index contributed by atoms with van der Waals surface area (Å²) in [5, 5.41) is 8.84. The molecule has 0 spiro atoms. The van der Waals surface area contributed by atoms with E-state index in [4.69, 9.17) is 14.6 Å². The van der Waals surface area contributed by atoms with E-state index in [0.717, 1.165) is 53.9 Å². The Morgan fingerprint density at radius 2 is 1.62 bits per heavy atom. The number of fused-ring (bicyclic) bond motifs is 1. The Morgan fingerprint density at radius 1 is 1.03 bits per heavy atom. The average Bonchev–Trinajstić information content (AvgIpc) is 2.72. The van der Waals surface area contributed by atoms with E-state index in [0.29, 0.717) is 5.75 Å². The van der Waals surface area contributed by atoms with Crippen LogP contribution in [0.3, 0.4) is 0 Å². The Hall–Kier alpha value is -1.71. The second-order valence-electron chi connectivity index (χ2n) is 11.3. The fourth-order valence-corrected chi connectivity index (χ4v) is 5.05. The van der Waals surface area contributed by atoms with Crippen LogP contribution < -0.4 is 9.47 Å². The predicted molar refractivity (Wildman–Crippen MR) is 143 cm³/mol. The van der Waals surface area contributed by atoms with Crippen molar-refractivity contribution in [2.24, 2.45) is 17.8 Å². The number of rotatable bonds is 15. The summed E-state index contributed by atoms with van der Waals surface area (Å²) in [6.07, 6.45) is 13.7. The first-order valence-electron chi connectivity index (χ1n) is 13.2. The van der Waals surface area contributed by atoms with Crippen LogP contribution in [0.2, 0.25) is 0 Å². The fourth-order valence-electron chi connectivity index (χ4n) is 5.05. The SMILES string of the molecule is C.Cc1cc(OCC(=O)O)cc2c1O[C@](C)(CCC[C@H](C)CCC[C@H](C)CCCC(C)C)CC2. The van der Waals surface area contributed by atoms with E-state index >= 15 is 0 Å². The van der Waals surface area contributed by atoms with Crippen molar-refractivity contribution >= 4 is 5.97 Å². The smallest absolute Gasteiger partial charge is 0.341 e. The molecule has 196 valence electrons. The van der Waals surface area contributed by atoms with Gasteiger partial charge in [-0.15, -0.1) is 0 Å². The number of hydrogen-bond donors (Lipinski definition) is 1. The maximum absolute atomic E-state index is 10.8. The van der Waals surface area contributed by atoms with Crippen molar-refractivity contribution in [2.45, 2.75) is 125 Å². The van der Waals surface area contributed by atoms with Gasteiger partial charge < -0.3 is 14.6 Å². The number of aryl methyl sites for hydroxylation is 2. The van der Waals surface area contributed by atoms with Gasteiger partial charge >= 0.3 is 5.97 Å². The molecule has 0 bridgehead atoms. The number of ether oxygens (including phenoxy) is 2. The van der Waals surface area contributed by atoms with E-state index in [-0.39, 0.29) is 19.6 Å². The lowest BCUT2D eigenvalue weighted by atomic mass is 9.85. The summed E-state index contributed by atoms with van der Waals surface area (Å²) in [5.41, 5.74) is 2.03. The quantitative estimate of drug-likeness (QED) is 0.275. The molecule has 0 aromatic heterocycles. The number of carbonyl (C=O) groups is 1. The molecule has 0 saturated carbocycles. The molecule has 1 heterocycles. The van der Waals surface area contributed by atoms with E-state index in [2.05, 4.69) is 34.6 Å². The van der Waals surface area contributed by atoms with Gasteiger partial charge in [0.1, 0.15) is 17.1 Å². The van der Waals surface area contributed by atoms with Crippen LogP contribution in [0, 0.1) is 24.7 Å². The van der Waals surface area contributed by atoms with E-state index in [1.807, 2.05) is 19.1 Å². The van der Waals surface area contributed by atoms with Crippen molar-refractivity contribution in [1.82, 2.24) is 0 Å². The van der Waals surface area contributed by atoms with Crippen LogP contribution in [-0.4, -0.2) is 23.3 Å². The third-order valence-electron chi connectivity index (χ3n) is 7.23. The van der Waals surface area contributed by atoms with Gasteiger partial charge in [0, 0.05) is 0 Å². The van der Waals surface area contributed by atoms with Gasteiger partial charge in [-0.25, -0.2) is 4.79 Å². The second-order valence-corrected chi connectivity index (χ2v) is 11.3. The van der Waals surface area contributed by atoms with Crippen molar-refractivity contribution in [3.63, 3.8) is 0 Å². The average molecular weight is 477 g/mol. The molecule has 4 nitrogen and oxygen atoms in total. The summed E-state index contributed by atoms with van der Waals surface area (Å²) in [5.74, 6) is 3.10. The maximum Gasteiger partial charge on any atom is 0.341 e. The first-order valence-corrected chi connectivity index (χ1v) is 13.2. The summed E-state index contributed by atoms with van der Waals surface area (Å²) in [6.45, 7) is 13.4. The monoisotopic (exact) mass is 476 g/mol. The Balaban J connectivity index is 0.00000578. The Labute approximate surface area is 209 Å². The number of aliphatic carboxylic acids is 1. The molecule has 3 atom stereocenters. The highest BCUT2D eigenvalue weighted by Crippen LogP contribution is 2.40. The third-order valence-corrected chi connectivity index (χ3v) is 7.23. The van der Waals surface area contributed by atoms with E-state index < -0.39 is 5.97 Å². The highest BCUT2D eigenvalue weighted by Gasteiger charge is 2.32. The van der Waals surface area contributed by atoms with Crippen molar-refractivity contribution < 1.29 is 19.4 Å². The van der Waals surface area contributed by atoms with Gasteiger partial charge in [-0.1, -0.05) is 80.1 Å². The summed E-state index contributed by atoms with van der Waals surface area (Å²) >= 11 is 0. The van der Waals surface area contributed by atoms with E-state index in [1.54, 1.807) is 0 Å². The van der Waals surface area contributed by atoms with Crippen LogP contribution in [0.5, 0.6) is 11.5 Å². The van der Waals surface area contributed by atoms with Gasteiger partial charge in [-0.05, 0) is 80.5 Å². The minimum atomic E-state index is -0.959. The molecule has 0 unspecified atom stereocenters. The third kappa shape index (κ3) is 10.7. The minimum Gasteiger partial charge on any atom is -0.487 e. The van der Waals surface area contributed by atoms with Gasteiger partial charge in [0.05, 0.1) is 0 Å². The lowest BCUT2D eigenvalue weighted by Crippen LogP contribution is -2.36. The number of benzene rings is 1. The molecule has 1 aromatic rings. The Kier molecular flexibility index (Phi) is 13.1. The van der Waals surface area contributed by atoms with Gasteiger partial charge in [0.15, 0.2) is 6.61 Å². The molecule has 1 aliphatic heterocycles. The molecule has 0 radical (unpaired) electrons. The first-order chi connectivity index (χ1) is 15.6. The lowest BCUT2D eigenvalue weighted by molar-refractivity contribution is -0.139. The van der Waals surface area contributed by atoms with E-state index in [9.17, 15) is 4.79 Å². The summed E-state index contributed by atoms with van der Waals surface area (Å²) in [7, 11) is 0. The van der Waals surface area contributed by atoms with Crippen molar-refractivity contribution in [2.75, 3.05) is 6.61 Å². The molecule has 0 amide bonds. The highest BCUT2D eigenvalue weighted by atomic mass is 16.5. The largest absolute Gasteiger partial charge is 0.487 e. The molecule has 2 rings (SSSR count). The summed E-state index contributed by atoms with van der Waals surface area (Å²) in [6, 6.07) is 3.83. The maximum atomic E-state index is 10.8. The molecule has 1 aliphatic rings. The molecule has 0 aliphatic carbocycles. The summed E-state index contributed by atoms with van der Waals surface area (Å²) < 4.78 is 11.9. The van der Waals surface area contributed by atoms with Gasteiger partial charge in [0.25, 0.3) is 0 Å². The molecular weight excluding hydrogens is 424 g/mol. The van der Waals surface area contributed by atoms with Crippen molar-refractivity contribution in [3.8, 4) is 11.5 Å². The molecule has 1 aromatic carbocycles. The zero-order valence-electron chi connectivity index (χ0n) is 22.0. The zero-order chi connectivity index (χ0) is 24.4. The minimum absolute atomic E-state index is 0. The number of carboxylic acids is 1. The normalized spacial score (nSPS) is 19.0. The van der Waals surface area contributed by atoms with Crippen molar-refractivity contribution in [1.29, 1.82) is 0 Å². The highest BCUT2D eigenvalue weighted by molar-refractivity contribution is 5.68. The molecule has 34 heavy (non-hydrogen) atoms. The van der Waals surface area contributed by atoms with Crippen LogP contribution >= 0.6 is 0 Å². The molecule has 4 heteroatoms.